The van der Waals surface area contributed by atoms with Gasteiger partial charge in [-0.05, 0) is 48.7 Å². The fraction of sp³-hybridized carbons (Fsp3) is 0.263. The largest absolute Gasteiger partial charge is 0.325 e. The van der Waals surface area contributed by atoms with Crippen molar-refractivity contribution in [2.45, 2.75) is 27.2 Å². The smallest absolute Gasteiger partial charge is 0.244 e. The number of para-hydroxylation sites is 1. The van der Waals surface area contributed by atoms with Crippen LogP contribution in [0.1, 0.15) is 25.0 Å². The van der Waals surface area contributed by atoms with Gasteiger partial charge in [0.25, 0.3) is 0 Å². The summed E-state index contributed by atoms with van der Waals surface area (Å²) in [5.41, 5.74) is 3.49. The molecule has 0 aliphatic rings. The number of anilines is 2. The molecule has 0 bridgehead atoms. The van der Waals surface area contributed by atoms with Crippen molar-refractivity contribution >= 4 is 34.8 Å². The van der Waals surface area contributed by atoms with Crippen molar-refractivity contribution in [3.05, 3.63) is 58.6 Å². The molecule has 0 aromatic heterocycles. The predicted octanol–water partition coefficient (Wildman–Crippen LogP) is 4.20. The standard InChI is InChI=1S/C19H21ClN2O2/c1-4-15-7-5-6-13(2)19(15)22(14(3)23)12-18(24)21-17-10-8-16(20)9-11-17/h5-11H,4,12H2,1-3H3,(H,21,24). The lowest BCUT2D eigenvalue weighted by Gasteiger charge is -2.25. The minimum Gasteiger partial charge on any atom is -0.325 e. The van der Waals surface area contributed by atoms with Gasteiger partial charge in [0.05, 0.1) is 5.69 Å². The van der Waals surface area contributed by atoms with Crippen molar-refractivity contribution in [3.63, 3.8) is 0 Å². The molecule has 0 heterocycles. The Hall–Kier alpha value is -2.33. The normalized spacial score (nSPS) is 10.3. The van der Waals surface area contributed by atoms with E-state index in [0.29, 0.717) is 10.7 Å². The van der Waals surface area contributed by atoms with Crippen LogP contribution in [0, 0.1) is 6.92 Å². The third kappa shape index (κ3) is 4.36. The minimum absolute atomic E-state index is 0.0319. The van der Waals surface area contributed by atoms with Crippen molar-refractivity contribution < 1.29 is 9.59 Å². The highest BCUT2D eigenvalue weighted by atomic mass is 35.5. The van der Waals surface area contributed by atoms with Crippen LogP contribution < -0.4 is 10.2 Å². The van der Waals surface area contributed by atoms with Crippen LogP contribution >= 0.6 is 11.6 Å². The number of rotatable bonds is 5. The molecule has 0 spiro atoms. The Labute approximate surface area is 147 Å². The Morgan fingerprint density at radius 3 is 2.38 bits per heavy atom. The van der Waals surface area contributed by atoms with E-state index < -0.39 is 0 Å². The molecule has 2 amide bonds. The Kier molecular flexibility index (Phi) is 5.99. The highest BCUT2D eigenvalue weighted by Gasteiger charge is 2.20. The van der Waals surface area contributed by atoms with E-state index in [0.717, 1.165) is 23.2 Å². The summed E-state index contributed by atoms with van der Waals surface area (Å²) in [6.45, 7) is 5.42. The molecular weight excluding hydrogens is 324 g/mol. The summed E-state index contributed by atoms with van der Waals surface area (Å²) in [4.78, 5) is 26.0. The van der Waals surface area contributed by atoms with Crippen LogP contribution in [0.4, 0.5) is 11.4 Å². The summed E-state index contributed by atoms with van der Waals surface area (Å²) in [5, 5.41) is 3.39. The van der Waals surface area contributed by atoms with Crippen molar-refractivity contribution in [1.82, 2.24) is 0 Å². The summed E-state index contributed by atoms with van der Waals surface area (Å²) in [7, 11) is 0. The van der Waals surface area contributed by atoms with Gasteiger partial charge in [0.1, 0.15) is 6.54 Å². The van der Waals surface area contributed by atoms with Crippen LogP contribution in [0.3, 0.4) is 0 Å². The quantitative estimate of drug-likeness (QED) is 0.883. The Balaban J connectivity index is 2.21. The van der Waals surface area contributed by atoms with E-state index in [1.54, 1.807) is 24.3 Å². The zero-order chi connectivity index (χ0) is 17.7. The molecule has 2 aromatic carbocycles. The third-order valence-electron chi connectivity index (χ3n) is 3.78. The van der Waals surface area contributed by atoms with E-state index in [1.807, 2.05) is 32.0 Å². The minimum atomic E-state index is -0.252. The monoisotopic (exact) mass is 344 g/mol. The van der Waals surface area contributed by atoms with Crippen LogP contribution in [0.2, 0.25) is 5.02 Å². The molecule has 0 radical (unpaired) electrons. The number of hydrogen-bond donors (Lipinski definition) is 1. The zero-order valence-electron chi connectivity index (χ0n) is 14.1. The van der Waals surface area contributed by atoms with E-state index >= 15 is 0 Å². The Bertz CT molecular complexity index is 742. The molecule has 0 unspecified atom stereocenters. The van der Waals surface area contributed by atoms with Crippen molar-refractivity contribution in [1.29, 1.82) is 0 Å². The number of aryl methyl sites for hydroxylation is 2. The molecule has 0 atom stereocenters. The van der Waals surface area contributed by atoms with Gasteiger partial charge in [0, 0.05) is 17.6 Å². The van der Waals surface area contributed by atoms with Gasteiger partial charge in [-0.3, -0.25) is 9.59 Å². The second kappa shape index (κ2) is 7.97. The third-order valence-corrected chi connectivity index (χ3v) is 4.03. The average Bonchev–Trinajstić information content (AvgIpc) is 2.54. The summed E-state index contributed by atoms with van der Waals surface area (Å²) in [6, 6.07) is 12.8. The Morgan fingerprint density at radius 1 is 1.12 bits per heavy atom. The number of halogens is 1. The SMILES string of the molecule is CCc1cccc(C)c1N(CC(=O)Nc1ccc(Cl)cc1)C(C)=O. The number of hydrogen-bond acceptors (Lipinski definition) is 2. The number of carbonyl (C=O) groups excluding carboxylic acids is 2. The van der Waals surface area contributed by atoms with Crippen LogP contribution in [-0.2, 0) is 16.0 Å². The lowest BCUT2D eigenvalue weighted by Crippen LogP contribution is -2.37. The van der Waals surface area contributed by atoms with Crippen molar-refractivity contribution in [2.24, 2.45) is 0 Å². The first-order valence-corrected chi connectivity index (χ1v) is 8.22. The molecule has 0 saturated heterocycles. The first-order chi connectivity index (χ1) is 11.4. The molecule has 1 N–H and O–H groups in total. The number of carbonyl (C=O) groups is 2. The van der Waals surface area contributed by atoms with Crippen LogP contribution in [0.25, 0.3) is 0 Å². The molecule has 0 aliphatic heterocycles. The van der Waals surface area contributed by atoms with Crippen molar-refractivity contribution in [2.75, 3.05) is 16.8 Å². The fourth-order valence-electron chi connectivity index (χ4n) is 2.62. The molecule has 126 valence electrons. The van der Waals surface area contributed by atoms with Gasteiger partial charge >= 0.3 is 0 Å². The van der Waals surface area contributed by atoms with Gasteiger partial charge in [-0.15, -0.1) is 0 Å². The topological polar surface area (TPSA) is 49.4 Å². The lowest BCUT2D eigenvalue weighted by molar-refractivity contribution is -0.120. The summed E-state index contributed by atoms with van der Waals surface area (Å²) in [6.07, 6.45) is 0.791. The molecule has 0 aliphatic carbocycles. The fourth-order valence-corrected chi connectivity index (χ4v) is 2.74. The number of nitrogens with one attached hydrogen (secondary N) is 1. The molecule has 5 heteroatoms. The molecule has 4 nitrogen and oxygen atoms in total. The first-order valence-electron chi connectivity index (χ1n) is 7.84. The molecule has 24 heavy (non-hydrogen) atoms. The van der Waals surface area contributed by atoms with Gasteiger partial charge in [0.2, 0.25) is 11.8 Å². The van der Waals surface area contributed by atoms with Gasteiger partial charge in [-0.1, -0.05) is 36.7 Å². The maximum Gasteiger partial charge on any atom is 0.244 e. The van der Waals surface area contributed by atoms with Gasteiger partial charge in [0.15, 0.2) is 0 Å². The highest BCUT2D eigenvalue weighted by Crippen LogP contribution is 2.26. The number of benzene rings is 2. The van der Waals surface area contributed by atoms with Crippen LogP contribution in [0.15, 0.2) is 42.5 Å². The van der Waals surface area contributed by atoms with E-state index in [1.165, 1.54) is 11.8 Å². The predicted molar refractivity (Wildman–Crippen MR) is 98.7 cm³/mol. The second-order valence-corrected chi connectivity index (χ2v) is 6.03. The highest BCUT2D eigenvalue weighted by molar-refractivity contribution is 6.30. The summed E-state index contributed by atoms with van der Waals surface area (Å²) >= 11 is 5.84. The number of amides is 2. The molecule has 2 aromatic rings. The molecule has 0 fully saturated rings. The van der Waals surface area contributed by atoms with E-state index in [9.17, 15) is 9.59 Å². The maximum absolute atomic E-state index is 12.4. The van der Waals surface area contributed by atoms with Gasteiger partial charge in [-0.25, -0.2) is 0 Å². The van der Waals surface area contributed by atoms with Gasteiger partial charge in [-0.2, -0.15) is 0 Å². The molecular formula is C19H21ClN2O2. The molecule has 0 saturated carbocycles. The van der Waals surface area contributed by atoms with Crippen molar-refractivity contribution in [3.8, 4) is 0 Å². The average molecular weight is 345 g/mol. The van der Waals surface area contributed by atoms with Crippen LogP contribution in [-0.4, -0.2) is 18.4 Å². The summed E-state index contributed by atoms with van der Waals surface area (Å²) < 4.78 is 0. The second-order valence-electron chi connectivity index (χ2n) is 5.60. The Morgan fingerprint density at radius 2 is 1.79 bits per heavy atom. The lowest BCUT2D eigenvalue weighted by atomic mass is 10.0. The molecule has 2 rings (SSSR count). The first kappa shape index (κ1) is 18.0. The van der Waals surface area contributed by atoms with E-state index in [4.69, 9.17) is 11.6 Å². The number of nitrogens with zero attached hydrogens (tertiary/aromatic N) is 1. The van der Waals surface area contributed by atoms with Gasteiger partial charge < -0.3 is 10.2 Å². The van der Waals surface area contributed by atoms with E-state index in [-0.39, 0.29) is 18.4 Å². The van der Waals surface area contributed by atoms with Crippen LogP contribution in [0.5, 0.6) is 0 Å². The maximum atomic E-state index is 12.4. The van der Waals surface area contributed by atoms with E-state index in [2.05, 4.69) is 5.32 Å². The summed E-state index contributed by atoms with van der Waals surface area (Å²) in [5.74, 6) is -0.414. The zero-order valence-corrected chi connectivity index (χ0v) is 14.9.